The Balaban J connectivity index is 1.36. The number of halogens is 5. The molecule has 3 rings (SSSR count). The van der Waals surface area contributed by atoms with Gasteiger partial charge in [-0.25, -0.2) is 24.2 Å². The fourth-order valence-electron chi connectivity index (χ4n) is 4.02. The van der Waals surface area contributed by atoms with Gasteiger partial charge in [-0.3, -0.25) is 15.0 Å². The van der Waals surface area contributed by atoms with Crippen molar-refractivity contribution < 1.29 is 36.3 Å². The van der Waals surface area contributed by atoms with E-state index in [1.165, 1.54) is 0 Å². The Hall–Kier alpha value is -2.65. The average Bonchev–Trinajstić information content (AvgIpc) is 2.80. The van der Waals surface area contributed by atoms with Gasteiger partial charge in [0.2, 0.25) is 17.8 Å². The number of amides is 2. The molecule has 0 radical (unpaired) electrons. The molecule has 0 aliphatic carbocycles. The van der Waals surface area contributed by atoms with Crippen LogP contribution in [0.25, 0.3) is 0 Å². The van der Waals surface area contributed by atoms with Crippen LogP contribution in [-0.2, 0) is 20.2 Å². The Morgan fingerprint density at radius 1 is 1.19 bits per heavy atom. The molecule has 202 valence electrons. The first-order chi connectivity index (χ1) is 16.9. The average molecular weight is 524 g/mol. The van der Waals surface area contributed by atoms with E-state index >= 15 is 0 Å². The van der Waals surface area contributed by atoms with Crippen molar-refractivity contribution in [1.82, 2.24) is 31.0 Å². The van der Waals surface area contributed by atoms with E-state index in [4.69, 9.17) is 4.74 Å². The van der Waals surface area contributed by atoms with Crippen molar-refractivity contribution in [2.24, 2.45) is 5.92 Å². The Labute approximate surface area is 204 Å². The lowest BCUT2D eigenvalue weighted by atomic mass is 9.96. The third-order valence-electron chi connectivity index (χ3n) is 5.96. The zero-order valence-electron chi connectivity index (χ0n) is 19.9. The Kier molecular flexibility index (Phi) is 9.00. The van der Waals surface area contributed by atoms with E-state index in [1.807, 2.05) is 5.43 Å². The summed E-state index contributed by atoms with van der Waals surface area (Å²) in [6.07, 6.45) is -2.39. The van der Waals surface area contributed by atoms with Crippen molar-refractivity contribution in [2.75, 3.05) is 50.8 Å². The number of piperazine rings is 1. The van der Waals surface area contributed by atoms with Crippen molar-refractivity contribution in [3.05, 3.63) is 18.0 Å². The van der Waals surface area contributed by atoms with E-state index < -0.39 is 36.0 Å². The van der Waals surface area contributed by atoms with Crippen LogP contribution < -0.4 is 21.1 Å². The molecule has 0 saturated carbocycles. The highest BCUT2D eigenvalue weighted by atomic mass is 19.4. The maximum Gasteiger partial charge on any atom is 0.402 e. The molecule has 0 bridgehead atoms. The zero-order valence-corrected chi connectivity index (χ0v) is 19.9. The molecule has 0 aromatic carbocycles. The Bertz CT molecular complexity index is 889. The summed E-state index contributed by atoms with van der Waals surface area (Å²) in [5.41, 5.74) is 4.16. The van der Waals surface area contributed by atoms with E-state index in [0.29, 0.717) is 32.1 Å². The van der Waals surface area contributed by atoms with Gasteiger partial charge in [-0.05, 0) is 6.92 Å². The highest BCUT2D eigenvalue weighted by molar-refractivity contribution is 5.80. The summed E-state index contributed by atoms with van der Waals surface area (Å²) in [5, 5.41) is 2.77. The van der Waals surface area contributed by atoms with Gasteiger partial charge in [0, 0.05) is 64.1 Å². The summed E-state index contributed by atoms with van der Waals surface area (Å²) in [6.45, 7) is 4.16. The van der Waals surface area contributed by atoms with Crippen LogP contribution in [0.1, 0.15) is 25.8 Å². The predicted molar refractivity (Wildman–Crippen MR) is 118 cm³/mol. The van der Waals surface area contributed by atoms with Crippen LogP contribution in [-0.4, -0.2) is 90.9 Å². The molecule has 2 amide bonds. The van der Waals surface area contributed by atoms with E-state index in [-0.39, 0.29) is 37.6 Å². The summed E-state index contributed by atoms with van der Waals surface area (Å²) in [5.74, 6) is -6.15. The third-order valence-corrected chi connectivity index (χ3v) is 5.96. The van der Waals surface area contributed by atoms with Gasteiger partial charge in [0.05, 0.1) is 25.2 Å². The summed E-state index contributed by atoms with van der Waals surface area (Å²) in [4.78, 5) is 35.5. The number of nitrogens with zero attached hydrogens (tertiary/aromatic N) is 4. The predicted octanol–water partition coefficient (Wildman–Crippen LogP) is 0.803. The molecular formula is C21H30F5N7O3. The first kappa shape index (κ1) is 27.9. The van der Waals surface area contributed by atoms with Gasteiger partial charge in [0.25, 0.3) is 5.92 Å². The summed E-state index contributed by atoms with van der Waals surface area (Å²) in [6, 6.07) is -1.63. The molecule has 2 saturated heterocycles. The molecule has 2 fully saturated rings. The van der Waals surface area contributed by atoms with Crippen LogP contribution in [0, 0.1) is 5.92 Å². The summed E-state index contributed by atoms with van der Waals surface area (Å²) >= 11 is 0. The monoisotopic (exact) mass is 523 g/mol. The number of hydrazine groups is 1. The minimum absolute atomic E-state index is 0.0634. The Morgan fingerprint density at radius 2 is 1.83 bits per heavy atom. The van der Waals surface area contributed by atoms with E-state index in [1.54, 1.807) is 16.7 Å². The number of alkyl halides is 5. The first-order valence-electron chi connectivity index (χ1n) is 11.5. The van der Waals surface area contributed by atoms with Gasteiger partial charge < -0.3 is 19.9 Å². The van der Waals surface area contributed by atoms with Crippen molar-refractivity contribution >= 4 is 17.8 Å². The summed E-state index contributed by atoms with van der Waals surface area (Å²) < 4.78 is 71.7. The van der Waals surface area contributed by atoms with Crippen molar-refractivity contribution in [3.63, 3.8) is 0 Å². The molecule has 2 unspecified atom stereocenters. The number of ether oxygens (including phenoxy) is 1. The number of nitrogens with one attached hydrogen (secondary N) is 3. The second-order valence-corrected chi connectivity index (χ2v) is 8.92. The minimum Gasteiger partial charge on any atom is -0.379 e. The molecule has 10 nitrogen and oxygen atoms in total. The van der Waals surface area contributed by atoms with Gasteiger partial charge in [-0.1, -0.05) is 0 Å². The third kappa shape index (κ3) is 7.43. The van der Waals surface area contributed by atoms with Crippen molar-refractivity contribution in [3.8, 4) is 0 Å². The maximum absolute atomic E-state index is 13.3. The van der Waals surface area contributed by atoms with E-state index in [2.05, 4.69) is 20.7 Å². The van der Waals surface area contributed by atoms with Gasteiger partial charge in [0.1, 0.15) is 0 Å². The number of carbonyl (C=O) groups excluding carboxylic acids is 2. The lowest BCUT2D eigenvalue weighted by Gasteiger charge is -2.35. The van der Waals surface area contributed by atoms with E-state index in [0.717, 1.165) is 19.3 Å². The fraction of sp³-hybridized carbons (Fsp3) is 0.714. The minimum atomic E-state index is -4.68. The Morgan fingerprint density at radius 3 is 2.42 bits per heavy atom. The molecular weight excluding hydrogens is 493 g/mol. The van der Waals surface area contributed by atoms with Crippen LogP contribution in [0.4, 0.5) is 27.9 Å². The van der Waals surface area contributed by atoms with Crippen LogP contribution >= 0.6 is 0 Å². The number of rotatable bonds is 9. The van der Waals surface area contributed by atoms with Crippen LogP contribution in [0.15, 0.2) is 12.4 Å². The highest BCUT2D eigenvalue weighted by Gasteiger charge is 2.51. The number of hydrogen-bond acceptors (Lipinski definition) is 8. The number of aromatic nitrogens is 2. The largest absolute Gasteiger partial charge is 0.402 e. The second kappa shape index (κ2) is 11.6. The zero-order chi connectivity index (χ0) is 26.5. The quantitative estimate of drug-likeness (QED) is 0.322. The van der Waals surface area contributed by atoms with Gasteiger partial charge >= 0.3 is 6.18 Å². The molecule has 15 heteroatoms. The number of hydrogen-bond donors (Lipinski definition) is 3. The maximum atomic E-state index is 13.3. The van der Waals surface area contributed by atoms with Crippen molar-refractivity contribution in [1.29, 1.82) is 0 Å². The molecule has 2 aliphatic rings. The van der Waals surface area contributed by atoms with E-state index in [9.17, 15) is 31.5 Å². The highest BCUT2D eigenvalue weighted by Crippen LogP contribution is 2.30. The molecule has 0 spiro atoms. The fourth-order valence-corrected chi connectivity index (χ4v) is 4.02. The smallest absolute Gasteiger partial charge is 0.379 e. The van der Waals surface area contributed by atoms with Crippen LogP contribution in [0.2, 0.25) is 0 Å². The van der Waals surface area contributed by atoms with Gasteiger partial charge in [-0.15, -0.1) is 0 Å². The van der Waals surface area contributed by atoms with Gasteiger partial charge in [0.15, 0.2) is 5.92 Å². The molecule has 1 aromatic heterocycles. The normalized spacial score (nSPS) is 22.4. The first-order valence-corrected chi connectivity index (χ1v) is 11.5. The second-order valence-electron chi connectivity index (χ2n) is 8.92. The molecule has 1 aromatic rings. The molecule has 3 N–H and O–H groups in total. The SMILES string of the molecule is C[C@@H](COCCC(=O)N1CCN(c2ncc(C(C)(F)F)cn2)CC1)NC1CNNC(=O)C1C(F)(F)F. The number of carbonyl (C=O) groups is 2. The van der Waals surface area contributed by atoms with Gasteiger partial charge in [-0.2, -0.15) is 13.2 Å². The molecule has 3 heterocycles. The molecule has 36 heavy (non-hydrogen) atoms. The standard InChI is InChI=1S/C21H30F5N7O3/c1-13(30-15-11-29-31-18(35)17(15)21(24,25)26)12-36-8-3-16(34)32-4-6-33(7-5-32)19-27-9-14(10-28-19)20(2,22)23/h9-10,13,15,17,29-30H,3-8,11-12H2,1-2H3,(H,31,35)/t13-,15?,17?/m0/s1. The molecule has 2 aliphatic heterocycles. The van der Waals surface area contributed by atoms with Crippen LogP contribution in [0.3, 0.4) is 0 Å². The lowest BCUT2D eigenvalue weighted by Crippen LogP contribution is -2.64. The topological polar surface area (TPSA) is 112 Å². The lowest BCUT2D eigenvalue weighted by molar-refractivity contribution is -0.193. The molecule has 3 atom stereocenters. The summed E-state index contributed by atoms with van der Waals surface area (Å²) in [7, 11) is 0. The van der Waals surface area contributed by atoms with Crippen molar-refractivity contribution in [2.45, 2.75) is 44.5 Å². The van der Waals surface area contributed by atoms with Crippen LogP contribution in [0.5, 0.6) is 0 Å². The number of anilines is 1.